The summed E-state index contributed by atoms with van der Waals surface area (Å²) in [7, 11) is 0. The average molecular weight is 297 g/mol. The van der Waals surface area contributed by atoms with Crippen molar-refractivity contribution in [3.63, 3.8) is 0 Å². The Kier molecular flexibility index (Phi) is 5.19. The monoisotopic (exact) mass is 297 g/mol. The van der Waals surface area contributed by atoms with Crippen LogP contribution in [0.1, 0.15) is 29.9 Å². The van der Waals surface area contributed by atoms with Crippen LogP contribution in [0.2, 0.25) is 0 Å². The van der Waals surface area contributed by atoms with Crippen LogP contribution in [0, 0.1) is 5.92 Å². The van der Waals surface area contributed by atoms with Crippen LogP contribution in [-0.4, -0.2) is 43.6 Å². The highest BCUT2D eigenvalue weighted by Gasteiger charge is 2.20. The molecule has 1 aromatic heterocycles. The molecule has 1 aliphatic heterocycles. The first-order valence-electron chi connectivity index (χ1n) is 7.12. The van der Waals surface area contributed by atoms with Crippen LogP contribution in [0.25, 0.3) is 0 Å². The van der Waals surface area contributed by atoms with Crippen LogP contribution in [0.3, 0.4) is 0 Å². The van der Waals surface area contributed by atoms with Gasteiger partial charge in [0.1, 0.15) is 10.7 Å². The van der Waals surface area contributed by atoms with E-state index in [-0.39, 0.29) is 5.91 Å². The minimum Gasteiger partial charge on any atom is -0.382 e. The van der Waals surface area contributed by atoms with E-state index in [2.05, 4.69) is 34.4 Å². The van der Waals surface area contributed by atoms with Crippen LogP contribution in [-0.2, 0) is 0 Å². The summed E-state index contributed by atoms with van der Waals surface area (Å²) in [6, 6.07) is 0. The number of carbonyl (C=O) groups is 1. The zero-order chi connectivity index (χ0) is 14.5. The number of nitrogen functional groups attached to an aromatic ring is 1. The molecular formula is C13H23N5OS. The molecule has 0 aromatic carbocycles. The lowest BCUT2D eigenvalue weighted by Gasteiger charge is -2.26. The van der Waals surface area contributed by atoms with Crippen LogP contribution in [0.15, 0.2) is 0 Å². The second-order valence-electron chi connectivity index (χ2n) is 5.17. The van der Waals surface area contributed by atoms with Gasteiger partial charge >= 0.3 is 0 Å². The van der Waals surface area contributed by atoms with Crippen molar-refractivity contribution in [2.75, 3.05) is 43.4 Å². The normalized spacial score (nSPS) is 17.0. The standard InChI is InChI=1S/C13H23N5OS/c1-3-9(2)8-16-12(19)10-11(14)17-13(20-10)18-6-4-15-5-7-18/h9,15H,3-8,14H2,1-2H3,(H,16,19). The third kappa shape index (κ3) is 3.61. The van der Waals surface area contributed by atoms with Crippen molar-refractivity contribution < 1.29 is 4.79 Å². The summed E-state index contributed by atoms with van der Waals surface area (Å²) in [5.41, 5.74) is 5.88. The van der Waals surface area contributed by atoms with Gasteiger partial charge in [-0.2, -0.15) is 0 Å². The topological polar surface area (TPSA) is 83.3 Å². The van der Waals surface area contributed by atoms with E-state index < -0.39 is 0 Å². The van der Waals surface area contributed by atoms with E-state index in [1.54, 1.807) is 0 Å². The molecule has 1 saturated heterocycles. The fourth-order valence-electron chi connectivity index (χ4n) is 1.97. The summed E-state index contributed by atoms with van der Waals surface area (Å²) in [4.78, 5) is 19.2. The Morgan fingerprint density at radius 3 is 2.90 bits per heavy atom. The fraction of sp³-hybridized carbons (Fsp3) is 0.692. The second kappa shape index (κ2) is 6.90. The molecule has 7 heteroatoms. The Labute approximate surface area is 123 Å². The highest BCUT2D eigenvalue weighted by molar-refractivity contribution is 7.18. The predicted octanol–water partition coefficient (Wildman–Crippen LogP) is 0.911. The quantitative estimate of drug-likeness (QED) is 0.752. The van der Waals surface area contributed by atoms with Crippen molar-refractivity contribution >= 4 is 28.2 Å². The number of amides is 1. The number of carbonyl (C=O) groups excluding carboxylic acids is 1. The number of nitrogens with one attached hydrogen (secondary N) is 2. The largest absolute Gasteiger partial charge is 0.382 e. The molecule has 0 radical (unpaired) electrons. The number of nitrogens with two attached hydrogens (primary N) is 1. The van der Waals surface area contributed by atoms with Crippen molar-refractivity contribution in [1.82, 2.24) is 15.6 Å². The summed E-state index contributed by atoms with van der Waals surface area (Å²) in [6.45, 7) is 8.59. The number of nitrogens with zero attached hydrogens (tertiary/aromatic N) is 2. The number of piperazine rings is 1. The number of hydrogen-bond acceptors (Lipinski definition) is 6. The number of anilines is 2. The third-order valence-corrected chi connectivity index (χ3v) is 4.67. The Morgan fingerprint density at radius 2 is 2.25 bits per heavy atom. The maximum Gasteiger partial charge on any atom is 0.265 e. The zero-order valence-electron chi connectivity index (χ0n) is 12.1. The summed E-state index contributed by atoms with van der Waals surface area (Å²) in [6.07, 6.45) is 1.05. The molecule has 1 fully saturated rings. The van der Waals surface area contributed by atoms with Crippen molar-refractivity contribution in [1.29, 1.82) is 0 Å². The number of aromatic nitrogens is 1. The molecule has 0 saturated carbocycles. The van der Waals surface area contributed by atoms with Crippen molar-refractivity contribution in [3.05, 3.63) is 4.88 Å². The molecule has 1 aliphatic rings. The van der Waals surface area contributed by atoms with Crippen LogP contribution in [0.4, 0.5) is 10.9 Å². The van der Waals surface area contributed by atoms with Gasteiger partial charge < -0.3 is 21.3 Å². The summed E-state index contributed by atoms with van der Waals surface area (Å²) in [5.74, 6) is 0.701. The smallest absolute Gasteiger partial charge is 0.265 e. The molecule has 20 heavy (non-hydrogen) atoms. The van der Waals surface area contributed by atoms with E-state index in [1.807, 2.05) is 0 Å². The Balaban J connectivity index is 2.01. The summed E-state index contributed by atoms with van der Waals surface area (Å²) >= 11 is 1.38. The molecule has 112 valence electrons. The predicted molar refractivity (Wildman–Crippen MR) is 83.4 cm³/mol. The van der Waals surface area contributed by atoms with E-state index in [0.717, 1.165) is 37.7 Å². The molecule has 0 spiro atoms. The van der Waals surface area contributed by atoms with Gasteiger partial charge in [-0.25, -0.2) is 4.98 Å². The highest BCUT2D eigenvalue weighted by atomic mass is 32.1. The van der Waals surface area contributed by atoms with Gasteiger partial charge in [0.15, 0.2) is 5.13 Å². The summed E-state index contributed by atoms with van der Waals surface area (Å²) < 4.78 is 0. The van der Waals surface area contributed by atoms with Crippen molar-refractivity contribution in [2.24, 2.45) is 5.92 Å². The lowest BCUT2D eigenvalue weighted by molar-refractivity contribution is 0.0952. The second-order valence-corrected chi connectivity index (χ2v) is 6.15. The van der Waals surface area contributed by atoms with E-state index >= 15 is 0 Å². The number of thiazole rings is 1. The molecule has 0 aliphatic carbocycles. The Bertz CT molecular complexity index is 456. The fourth-order valence-corrected chi connectivity index (χ4v) is 2.92. The van der Waals surface area contributed by atoms with Gasteiger partial charge in [0.05, 0.1) is 0 Å². The van der Waals surface area contributed by atoms with Gasteiger partial charge in [-0.3, -0.25) is 4.79 Å². The minimum absolute atomic E-state index is 0.110. The lowest BCUT2D eigenvalue weighted by Crippen LogP contribution is -2.43. The van der Waals surface area contributed by atoms with E-state index in [1.165, 1.54) is 11.3 Å². The highest BCUT2D eigenvalue weighted by Crippen LogP contribution is 2.28. The van der Waals surface area contributed by atoms with Gasteiger partial charge in [0.2, 0.25) is 0 Å². The van der Waals surface area contributed by atoms with Gasteiger partial charge in [-0.05, 0) is 5.92 Å². The molecule has 1 amide bonds. The average Bonchev–Trinajstić information content (AvgIpc) is 2.87. The van der Waals surface area contributed by atoms with Crippen LogP contribution < -0.4 is 21.3 Å². The first-order valence-corrected chi connectivity index (χ1v) is 7.93. The zero-order valence-corrected chi connectivity index (χ0v) is 12.9. The van der Waals surface area contributed by atoms with E-state index in [9.17, 15) is 4.79 Å². The van der Waals surface area contributed by atoms with E-state index in [0.29, 0.717) is 23.2 Å². The summed E-state index contributed by atoms with van der Waals surface area (Å²) in [5, 5.41) is 7.06. The molecule has 0 bridgehead atoms. The maximum atomic E-state index is 12.1. The molecule has 6 nitrogen and oxygen atoms in total. The van der Waals surface area contributed by atoms with Gasteiger partial charge in [-0.15, -0.1) is 0 Å². The molecule has 1 aromatic rings. The first kappa shape index (κ1) is 15.1. The van der Waals surface area contributed by atoms with Gasteiger partial charge in [0.25, 0.3) is 5.91 Å². The lowest BCUT2D eigenvalue weighted by atomic mass is 10.1. The van der Waals surface area contributed by atoms with E-state index in [4.69, 9.17) is 5.73 Å². The molecule has 1 unspecified atom stereocenters. The van der Waals surface area contributed by atoms with Crippen LogP contribution in [0.5, 0.6) is 0 Å². The number of hydrogen-bond donors (Lipinski definition) is 3. The molecule has 4 N–H and O–H groups in total. The Morgan fingerprint density at radius 1 is 1.55 bits per heavy atom. The first-order chi connectivity index (χ1) is 9.61. The van der Waals surface area contributed by atoms with Crippen molar-refractivity contribution in [2.45, 2.75) is 20.3 Å². The SMILES string of the molecule is CCC(C)CNC(=O)c1sc(N2CCNCC2)nc1N. The Hall–Kier alpha value is -1.34. The number of rotatable bonds is 5. The van der Waals surface area contributed by atoms with Gasteiger partial charge in [0, 0.05) is 32.7 Å². The van der Waals surface area contributed by atoms with Gasteiger partial charge in [-0.1, -0.05) is 31.6 Å². The van der Waals surface area contributed by atoms with Crippen molar-refractivity contribution in [3.8, 4) is 0 Å². The maximum absolute atomic E-state index is 12.1. The minimum atomic E-state index is -0.110. The molecule has 2 rings (SSSR count). The third-order valence-electron chi connectivity index (χ3n) is 3.54. The molecule has 1 atom stereocenters. The molecule has 2 heterocycles. The molecular weight excluding hydrogens is 274 g/mol. The van der Waals surface area contributed by atoms with Crippen LogP contribution >= 0.6 is 11.3 Å².